The number of carbonyl (C=O) groups excluding carboxylic acids is 1. The maximum atomic E-state index is 12.6. The number of furan rings is 1. The molecule has 3 aromatic rings. The number of benzene rings is 2. The van der Waals surface area contributed by atoms with Crippen LogP contribution in [0.5, 0.6) is 0 Å². The lowest BCUT2D eigenvalue weighted by Gasteiger charge is -2.23. The van der Waals surface area contributed by atoms with Crippen molar-refractivity contribution < 1.29 is 9.21 Å². The summed E-state index contributed by atoms with van der Waals surface area (Å²) in [5, 5.41) is 8.67. The van der Waals surface area contributed by atoms with E-state index in [0.29, 0.717) is 0 Å². The van der Waals surface area contributed by atoms with Crippen LogP contribution in [0.4, 0.5) is 5.69 Å². The number of carbonyl (C=O) groups is 1. The zero-order valence-electron chi connectivity index (χ0n) is 13.5. The minimum Gasteiger partial charge on any atom is -0.456 e. The van der Waals surface area contributed by atoms with Gasteiger partial charge >= 0.3 is 0 Å². The molecule has 2 N–H and O–H groups in total. The topological polar surface area (TPSA) is 54.3 Å². The Morgan fingerprint density at radius 3 is 2.75 bits per heavy atom. The van der Waals surface area contributed by atoms with Gasteiger partial charge in [0.2, 0.25) is 5.91 Å². The molecular formula is C20H20N2O2. The predicted molar refractivity (Wildman–Crippen MR) is 95.0 cm³/mol. The fourth-order valence-electron chi connectivity index (χ4n) is 4.23. The van der Waals surface area contributed by atoms with E-state index >= 15 is 0 Å². The molecule has 1 amide bonds. The first-order valence-electron chi connectivity index (χ1n) is 8.68. The number of fused-ring (bicyclic) bond motifs is 3. The summed E-state index contributed by atoms with van der Waals surface area (Å²) in [4.78, 5) is 12.6. The van der Waals surface area contributed by atoms with Crippen LogP contribution in [-0.4, -0.2) is 19.0 Å². The van der Waals surface area contributed by atoms with Crippen LogP contribution >= 0.6 is 0 Å². The molecule has 1 aliphatic carbocycles. The molecule has 1 saturated heterocycles. The third-order valence-electron chi connectivity index (χ3n) is 5.75. The van der Waals surface area contributed by atoms with Crippen molar-refractivity contribution in [2.75, 3.05) is 18.4 Å². The molecule has 1 aromatic heterocycles. The molecule has 1 atom stereocenters. The molecule has 4 nitrogen and oxygen atoms in total. The lowest BCUT2D eigenvalue weighted by Crippen LogP contribution is -2.31. The van der Waals surface area contributed by atoms with Gasteiger partial charge in [-0.05, 0) is 56.0 Å². The lowest BCUT2D eigenvalue weighted by molar-refractivity contribution is -0.118. The van der Waals surface area contributed by atoms with E-state index in [-0.39, 0.29) is 17.2 Å². The second-order valence-corrected chi connectivity index (χ2v) is 7.17. The Labute approximate surface area is 140 Å². The van der Waals surface area contributed by atoms with Crippen LogP contribution in [0.25, 0.3) is 21.9 Å². The third kappa shape index (κ3) is 2.13. The molecule has 1 unspecified atom stereocenters. The van der Waals surface area contributed by atoms with Crippen molar-refractivity contribution >= 4 is 33.5 Å². The number of anilines is 1. The molecule has 2 aromatic carbocycles. The minimum absolute atomic E-state index is 0.160. The highest BCUT2D eigenvalue weighted by Crippen LogP contribution is 2.58. The Morgan fingerprint density at radius 1 is 1.08 bits per heavy atom. The van der Waals surface area contributed by atoms with Gasteiger partial charge in [0.05, 0.1) is 0 Å². The van der Waals surface area contributed by atoms with Crippen molar-refractivity contribution in [2.24, 2.45) is 11.3 Å². The number of amides is 1. The fourth-order valence-corrected chi connectivity index (χ4v) is 4.23. The first kappa shape index (κ1) is 14.1. The number of piperidine rings is 1. The summed E-state index contributed by atoms with van der Waals surface area (Å²) in [6, 6.07) is 14.0. The monoisotopic (exact) mass is 320 g/mol. The first-order valence-corrected chi connectivity index (χ1v) is 8.68. The second-order valence-electron chi connectivity index (χ2n) is 7.17. The zero-order valence-corrected chi connectivity index (χ0v) is 13.5. The first-order chi connectivity index (χ1) is 11.8. The van der Waals surface area contributed by atoms with E-state index in [1.54, 1.807) is 0 Å². The molecular weight excluding hydrogens is 300 g/mol. The van der Waals surface area contributed by atoms with E-state index in [4.69, 9.17) is 4.42 Å². The molecule has 0 radical (unpaired) electrons. The summed E-state index contributed by atoms with van der Waals surface area (Å²) in [7, 11) is 0. The number of rotatable bonds is 2. The van der Waals surface area contributed by atoms with E-state index in [0.717, 1.165) is 60.0 Å². The van der Waals surface area contributed by atoms with Crippen LogP contribution in [0.15, 0.2) is 46.9 Å². The van der Waals surface area contributed by atoms with E-state index in [9.17, 15) is 4.79 Å². The van der Waals surface area contributed by atoms with E-state index in [2.05, 4.69) is 16.7 Å². The summed E-state index contributed by atoms with van der Waals surface area (Å²) in [6.07, 6.45) is 3.27. The minimum atomic E-state index is 0.160. The molecule has 122 valence electrons. The average Bonchev–Trinajstić information content (AvgIpc) is 3.16. The van der Waals surface area contributed by atoms with Crippen molar-refractivity contribution in [1.29, 1.82) is 0 Å². The molecule has 2 heterocycles. The average molecular weight is 320 g/mol. The van der Waals surface area contributed by atoms with Gasteiger partial charge in [0.15, 0.2) is 0 Å². The number of hydrogen-bond acceptors (Lipinski definition) is 3. The second kappa shape index (κ2) is 5.08. The van der Waals surface area contributed by atoms with E-state index in [1.807, 2.05) is 36.4 Å². The Morgan fingerprint density at radius 2 is 1.88 bits per heavy atom. The summed E-state index contributed by atoms with van der Waals surface area (Å²) in [5.74, 6) is 0.332. The molecule has 5 rings (SSSR count). The van der Waals surface area contributed by atoms with Crippen molar-refractivity contribution in [2.45, 2.75) is 19.3 Å². The van der Waals surface area contributed by atoms with Crippen LogP contribution in [-0.2, 0) is 4.79 Å². The van der Waals surface area contributed by atoms with Crippen LogP contribution < -0.4 is 10.6 Å². The Bertz CT molecular complexity index is 937. The van der Waals surface area contributed by atoms with Gasteiger partial charge in [-0.3, -0.25) is 4.79 Å². The molecule has 1 saturated carbocycles. The summed E-state index contributed by atoms with van der Waals surface area (Å²) < 4.78 is 5.90. The summed E-state index contributed by atoms with van der Waals surface area (Å²) >= 11 is 0. The predicted octanol–water partition coefficient (Wildman–Crippen LogP) is 3.91. The van der Waals surface area contributed by atoms with Gasteiger partial charge in [-0.2, -0.15) is 0 Å². The van der Waals surface area contributed by atoms with Crippen LogP contribution in [0, 0.1) is 11.3 Å². The number of hydrogen-bond donors (Lipinski definition) is 2. The van der Waals surface area contributed by atoms with E-state index in [1.165, 1.54) is 0 Å². The highest BCUT2D eigenvalue weighted by molar-refractivity contribution is 6.06. The van der Waals surface area contributed by atoms with Crippen molar-refractivity contribution in [1.82, 2.24) is 5.32 Å². The standard InChI is InChI=1S/C20H20N2O2/c23-19(16-12-20(16)7-9-21-10-8-20)22-13-5-6-15-14-3-1-2-4-17(14)24-18(15)11-13/h1-6,11,16,21H,7-10,12H2,(H,22,23). The van der Waals surface area contributed by atoms with Gasteiger partial charge in [-0.15, -0.1) is 0 Å². The Balaban J connectivity index is 1.39. The maximum Gasteiger partial charge on any atom is 0.228 e. The maximum absolute atomic E-state index is 12.6. The molecule has 4 heteroatoms. The van der Waals surface area contributed by atoms with Gasteiger partial charge < -0.3 is 15.1 Å². The zero-order chi connectivity index (χ0) is 16.1. The van der Waals surface area contributed by atoms with E-state index < -0.39 is 0 Å². The SMILES string of the molecule is O=C(Nc1ccc2c(c1)oc1ccccc12)C1CC12CCNCC2. The van der Waals surface area contributed by atoms with Gasteiger partial charge in [0, 0.05) is 28.4 Å². The largest absolute Gasteiger partial charge is 0.456 e. The fraction of sp³-hybridized carbons (Fsp3) is 0.350. The van der Waals surface area contributed by atoms with Crippen LogP contribution in [0.1, 0.15) is 19.3 Å². The third-order valence-corrected chi connectivity index (χ3v) is 5.75. The highest BCUT2D eigenvalue weighted by atomic mass is 16.3. The van der Waals surface area contributed by atoms with Gasteiger partial charge in [0.1, 0.15) is 11.2 Å². The molecule has 0 bridgehead atoms. The number of nitrogens with one attached hydrogen (secondary N) is 2. The highest BCUT2D eigenvalue weighted by Gasteiger charge is 2.57. The smallest absolute Gasteiger partial charge is 0.228 e. The van der Waals surface area contributed by atoms with Gasteiger partial charge in [-0.1, -0.05) is 18.2 Å². The van der Waals surface area contributed by atoms with Crippen LogP contribution in [0.3, 0.4) is 0 Å². The lowest BCUT2D eigenvalue weighted by atomic mass is 9.92. The quantitative estimate of drug-likeness (QED) is 0.752. The Hall–Kier alpha value is -2.33. The van der Waals surface area contributed by atoms with Crippen LogP contribution in [0.2, 0.25) is 0 Å². The molecule has 1 spiro atoms. The van der Waals surface area contributed by atoms with Crippen molar-refractivity contribution in [3.8, 4) is 0 Å². The summed E-state index contributed by atoms with van der Waals surface area (Å²) in [6.45, 7) is 2.07. The molecule has 2 fully saturated rings. The normalized spacial score (nSPS) is 22.1. The number of para-hydroxylation sites is 1. The van der Waals surface area contributed by atoms with Gasteiger partial charge in [0.25, 0.3) is 0 Å². The molecule has 24 heavy (non-hydrogen) atoms. The van der Waals surface area contributed by atoms with Crippen molar-refractivity contribution in [3.63, 3.8) is 0 Å². The van der Waals surface area contributed by atoms with Crippen molar-refractivity contribution in [3.05, 3.63) is 42.5 Å². The summed E-state index contributed by atoms with van der Waals surface area (Å²) in [5.41, 5.74) is 2.79. The molecule has 2 aliphatic rings. The van der Waals surface area contributed by atoms with Gasteiger partial charge in [-0.25, -0.2) is 0 Å². The molecule has 1 aliphatic heterocycles. The Kier molecular flexibility index (Phi) is 2.98.